The lowest BCUT2D eigenvalue weighted by atomic mass is 10.0. The van der Waals surface area contributed by atoms with Crippen molar-refractivity contribution >= 4 is 10.8 Å². The fourth-order valence-electron chi connectivity index (χ4n) is 2.64. The number of fused-ring (bicyclic) bond motifs is 1. The van der Waals surface area contributed by atoms with E-state index >= 15 is 0 Å². The number of piperazine rings is 1. The Morgan fingerprint density at radius 3 is 2.56 bits per heavy atom. The highest BCUT2D eigenvalue weighted by Gasteiger charge is 2.09. The summed E-state index contributed by atoms with van der Waals surface area (Å²) in [5, 5.41) is 6.10. The summed E-state index contributed by atoms with van der Waals surface area (Å²) in [6.07, 6.45) is 0. The highest BCUT2D eigenvalue weighted by molar-refractivity contribution is 5.83. The Morgan fingerprint density at radius 1 is 1.00 bits per heavy atom. The molecule has 0 saturated carbocycles. The molecule has 0 aliphatic carbocycles. The Morgan fingerprint density at radius 2 is 1.72 bits per heavy atom. The van der Waals surface area contributed by atoms with E-state index in [0.29, 0.717) is 0 Å². The van der Waals surface area contributed by atoms with Crippen LogP contribution in [0.4, 0.5) is 0 Å². The number of rotatable bonds is 2. The lowest BCUT2D eigenvalue weighted by Gasteiger charge is -2.27. The first kappa shape index (κ1) is 11.7. The molecule has 0 aromatic heterocycles. The van der Waals surface area contributed by atoms with Gasteiger partial charge in [0, 0.05) is 32.7 Å². The van der Waals surface area contributed by atoms with Crippen molar-refractivity contribution in [3.05, 3.63) is 47.5 Å². The van der Waals surface area contributed by atoms with E-state index in [1.54, 1.807) is 0 Å². The van der Waals surface area contributed by atoms with Gasteiger partial charge < -0.3 is 5.32 Å². The first-order valence-electron chi connectivity index (χ1n) is 6.74. The van der Waals surface area contributed by atoms with Crippen LogP contribution in [0.2, 0.25) is 0 Å². The number of hydrogen-bond donors (Lipinski definition) is 1. The molecule has 0 spiro atoms. The molecule has 1 N–H and O–H groups in total. The van der Waals surface area contributed by atoms with Crippen molar-refractivity contribution in [2.24, 2.45) is 0 Å². The lowest BCUT2D eigenvalue weighted by molar-refractivity contribution is 0.233. The van der Waals surface area contributed by atoms with E-state index in [2.05, 4.69) is 53.5 Å². The topological polar surface area (TPSA) is 15.3 Å². The van der Waals surface area contributed by atoms with Crippen LogP contribution in [0.25, 0.3) is 10.8 Å². The molecule has 1 aliphatic heterocycles. The van der Waals surface area contributed by atoms with Crippen molar-refractivity contribution in [1.82, 2.24) is 10.2 Å². The largest absolute Gasteiger partial charge is 0.314 e. The van der Waals surface area contributed by atoms with Gasteiger partial charge in [0.2, 0.25) is 0 Å². The number of nitrogens with one attached hydrogen (secondary N) is 1. The number of benzene rings is 2. The van der Waals surface area contributed by atoms with E-state index in [9.17, 15) is 0 Å². The van der Waals surface area contributed by atoms with Gasteiger partial charge in [-0.25, -0.2) is 0 Å². The van der Waals surface area contributed by atoms with E-state index in [4.69, 9.17) is 0 Å². The quantitative estimate of drug-likeness (QED) is 0.868. The third kappa shape index (κ3) is 2.55. The summed E-state index contributed by atoms with van der Waals surface area (Å²) in [7, 11) is 0. The zero-order chi connectivity index (χ0) is 12.4. The van der Waals surface area contributed by atoms with E-state index < -0.39 is 0 Å². The number of hydrogen-bond acceptors (Lipinski definition) is 2. The van der Waals surface area contributed by atoms with Gasteiger partial charge in [-0.2, -0.15) is 0 Å². The van der Waals surface area contributed by atoms with Crippen molar-refractivity contribution < 1.29 is 0 Å². The third-order valence-electron chi connectivity index (χ3n) is 3.68. The van der Waals surface area contributed by atoms with Gasteiger partial charge in [0.25, 0.3) is 0 Å². The van der Waals surface area contributed by atoms with Crippen molar-refractivity contribution in [1.29, 1.82) is 0 Å². The Hall–Kier alpha value is -1.38. The molecule has 0 unspecified atom stereocenters. The van der Waals surface area contributed by atoms with Gasteiger partial charge in [0.15, 0.2) is 0 Å². The van der Waals surface area contributed by atoms with Crippen molar-refractivity contribution in [2.45, 2.75) is 13.5 Å². The highest BCUT2D eigenvalue weighted by atomic mass is 15.2. The number of nitrogens with zero attached hydrogens (tertiary/aromatic N) is 1. The van der Waals surface area contributed by atoms with Crippen LogP contribution in [0.1, 0.15) is 11.1 Å². The predicted molar refractivity (Wildman–Crippen MR) is 76.8 cm³/mol. The van der Waals surface area contributed by atoms with Gasteiger partial charge in [0.05, 0.1) is 0 Å². The molecule has 18 heavy (non-hydrogen) atoms. The van der Waals surface area contributed by atoms with Crippen molar-refractivity contribution in [3.63, 3.8) is 0 Å². The average Bonchev–Trinajstić information content (AvgIpc) is 2.40. The molecule has 2 aromatic carbocycles. The van der Waals surface area contributed by atoms with Crippen LogP contribution in [0.15, 0.2) is 36.4 Å². The molecule has 1 fully saturated rings. The Bertz CT molecular complexity index is 542. The maximum Gasteiger partial charge on any atom is 0.0235 e. The second-order valence-electron chi connectivity index (χ2n) is 5.21. The van der Waals surface area contributed by atoms with E-state index in [-0.39, 0.29) is 0 Å². The predicted octanol–water partition coefficient (Wildman–Crippen LogP) is 2.55. The Balaban J connectivity index is 1.82. The maximum atomic E-state index is 3.39. The summed E-state index contributed by atoms with van der Waals surface area (Å²) in [6.45, 7) is 7.77. The molecule has 0 radical (unpaired) electrons. The van der Waals surface area contributed by atoms with Crippen LogP contribution in [-0.4, -0.2) is 31.1 Å². The molecular weight excluding hydrogens is 220 g/mol. The van der Waals surface area contributed by atoms with E-state index in [1.807, 2.05) is 0 Å². The minimum Gasteiger partial charge on any atom is -0.314 e. The lowest BCUT2D eigenvalue weighted by Crippen LogP contribution is -2.42. The molecule has 1 heterocycles. The Labute approximate surface area is 109 Å². The fraction of sp³-hybridized carbons (Fsp3) is 0.375. The van der Waals surface area contributed by atoms with Crippen LogP contribution < -0.4 is 5.32 Å². The molecule has 1 aliphatic rings. The monoisotopic (exact) mass is 240 g/mol. The van der Waals surface area contributed by atoms with Crippen LogP contribution in [0.5, 0.6) is 0 Å². The average molecular weight is 240 g/mol. The molecular formula is C16H20N2. The van der Waals surface area contributed by atoms with Crippen LogP contribution in [-0.2, 0) is 6.54 Å². The summed E-state index contributed by atoms with van der Waals surface area (Å²) in [5.74, 6) is 0. The zero-order valence-corrected chi connectivity index (χ0v) is 10.9. The first-order chi connectivity index (χ1) is 8.81. The normalized spacial score (nSPS) is 17.2. The van der Waals surface area contributed by atoms with Crippen LogP contribution in [0.3, 0.4) is 0 Å². The summed E-state index contributed by atoms with van der Waals surface area (Å²) in [6, 6.07) is 13.5. The van der Waals surface area contributed by atoms with Gasteiger partial charge >= 0.3 is 0 Å². The van der Waals surface area contributed by atoms with Gasteiger partial charge in [-0.1, -0.05) is 35.9 Å². The van der Waals surface area contributed by atoms with Gasteiger partial charge in [-0.3, -0.25) is 4.90 Å². The summed E-state index contributed by atoms with van der Waals surface area (Å²) in [5.41, 5.74) is 2.76. The molecule has 2 nitrogen and oxygen atoms in total. The standard InChI is InChI=1S/C16H20N2/c1-13-2-4-16-11-14(3-5-15(16)10-13)12-18-8-6-17-7-9-18/h2-5,10-11,17H,6-9,12H2,1H3. The molecule has 2 aromatic rings. The maximum absolute atomic E-state index is 3.39. The molecule has 0 atom stereocenters. The Kier molecular flexibility index (Phi) is 3.31. The van der Waals surface area contributed by atoms with Crippen molar-refractivity contribution in [3.8, 4) is 0 Å². The second-order valence-corrected chi connectivity index (χ2v) is 5.21. The fourth-order valence-corrected chi connectivity index (χ4v) is 2.64. The molecule has 1 saturated heterocycles. The molecule has 94 valence electrons. The molecule has 0 amide bonds. The minimum atomic E-state index is 1.07. The first-order valence-corrected chi connectivity index (χ1v) is 6.74. The highest BCUT2D eigenvalue weighted by Crippen LogP contribution is 2.18. The van der Waals surface area contributed by atoms with Gasteiger partial charge in [-0.15, -0.1) is 0 Å². The van der Waals surface area contributed by atoms with Crippen LogP contribution in [0, 0.1) is 6.92 Å². The van der Waals surface area contributed by atoms with Crippen LogP contribution >= 0.6 is 0 Å². The molecule has 3 rings (SSSR count). The number of aryl methyl sites for hydroxylation is 1. The summed E-state index contributed by atoms with van der Waals surface area (Å²) < 4.78 is 0. The van der Waals surface area contributed by atoms with Gasteiger partial charge in [0.1, 0.15) is 0 Å². The second kappa shape index (κ2) is 5.09. The SMILES string of the molecule is Cc1ccc2cc(CN3CCNCC3)ccc2c1. The zero-order valence-electron chi connectivity index (χ0n) is 10.9. The molecule has 2 heteroatoms. The van der Waals surface area contributed by atoms with Crippen molar-refractivity contribution in [2.75, 3.05) is 26.2 Å². The van der Waals surface area contributed by atoms with E-state index in [1.165, 1.54) is 21.9 Å². The minimum absolute atomic E-state index is 1.07. The molecule has 0 bridgehead atoms. The summed E-state index contributed by atoms with van der Waals surface area (Å²) in [4.78, 5) is 2.52. The van der Waals surface area contributed by atoms with E-state index in [0.717, 1.165) is 32.7 Å². The van der Waals surface area contributed by atoms with Gasteiger partial charge in [-0.05, 0) is 29.3 Å². The third-order valence-corrected chi connectivity index (χ3v) is 3.68. The summed E-state index contributed by atoms with van der Waals surface area (Å²) >= 11 is 0. The smallest absolute Gasteiger partial charge is 0.0235 e.